The van der Waals surface area contributed by atoms with Crippen molar-refractivity contribution < 1.29 is 14.8 Å². The van der Waals surface area contributed by atoms with E-state index in [0.29, 0.717) is 6.61 Å². The van der Waals surface area contributed by atoms with Gasteiger partial charge in [-0.2, -0.15) is 0 Å². The van der Waals surface area contributed by atoms with E-state index < -0.39 is 0 Å². The van der Waals surface area contributed by atoms with E-state index >= 15 is 0 Å². The zero-order valence-electron chi connectivity index (χ0n) is 15.3. The summed E-state index contributed by atoms with van der Waals surface area (Å²) in [5.41, 5.74) is 4.66. The van der Waals surface area contributed by atoms with Crippen LogP contribution in [0.1, 0.15) is 22.4 Å². The summed E-state index contributed by atoms with van der Waals surface area (Å²) in [5, 5.41) is 2.23. The Kier molecular flexibility index (Phi) is 6.23. The second kappa shape index (κ2) is 9.02. The van der Waals surface area contributed by atoms with Gasteiger partial charge in [0.05, 0.1) is 12.8 Å². The lowest BCUT2D eigenvalue weighted by Gasteiger charge is -2.12. The van der Waals surface area contributed by atoms with Crippen LogP contribution in [0.25, 0.3) is 0 Å². The maximum absolute atomic E-state index is 5.95. The summed E-state index contributed by atoms with van der Waals surface area (Å²) in [6, 6.07) is 20.4. The molecule has 0 bridgehead atoms. The zero-order chi connectivity index (χ0) is 18.2. The van der Waals surface area contributed by atoms with Crippen LogP contribution in [0.2, 0.25) is 0 Å². The predicted molar refractivity (Wildman–Crippen MR) is 102 cm³/mol. The van der Waals surface area contributed by atoms with Crippen molar-refractivity contribution in [1.29, 1.82) is 0 Å². The molecule has 0 aliphatic rings. The van der Waals surface area contributed by atoms with Crippen LogP contribution >= 0.6 is 0 Å². The Balaban J connectivity index is 1.58. The summed E-state index contributed by atoms with van der Waals surface area (Å²) in [5.74, 6) is 1.53. The summed E-state index contributed by atoms with van der Waals surface area (Å²) in [4.78, 5) is 4.34. The first-order valence-corrected chi connectivity index (χ1v) is 8.81. The van der Waals surface area contributed by atoms with Gasteiger partial charge in [0.2, 0.25) is 0 Å². The number of hydrogen-bond acceptors (Lipinski definition) is 3. The Labute approximate surface area is 154 Å². The standard InChI is InChI=1S/C22H24N2O2/c1-17-6-5-7-19(12-17)16-26-21-10-9-18(13-22(21)25-2)14-23-15-20-8-3-4-11-24-20/h3-13,23H,14-16H2,1-2H3/p+1. The van der Waals surface area contributed by atoms with Crippen molar-refractivity contribution in [1.82, 2.24) is 4.98 Å². The SMILES string of the molecule is COc1cc(C[NH2+]Cc2ccccn2)ccc1OCc1cccc(C)c1. The van der Waals surface area contributed by atoms with Gasteiger partial charge in [-0.3, -0.25) is 4.98 Å². The van der Waals surface area contributed by atoms with Gasteiger partial charge in [-0.1, -0.05) is 35.9 Å². The maximum Gasteiger partial charge on any atom is 0.161 e. The van der Waals surface area contributed by atoms with Crippen molar-refractivity contribution in [3.63, 3.8) is 0 Å². The minimum Gasteiger partial charge on any atom is -0.493 e. The van der Waals surface area contributed by atoms with Gasteiger partial charge in [-0.15, -0.1) is 0 Å². The number of pyridine rings is 1. The highest BCUT2D eigenvalue weighted by Crippen LogP contribution is 2.28. The number of aryl methyl sites for hydroxylation is 1. The minimum atomic E-state index is 0.531. The molecule has 3 rings (SSSR count). The average Bonchev–Trinajstić information content (AvgIpc) is 2.67. The quantitative estimate of drug-likeness (QED) is 0.679. The Morgan fingerprint density at radius 2 is 1.81 bits per heavy atom. The lowest BCUT2D eigenvalue weighted by atomic mass is 10.1. The molecule has 0 saturated heterocycles. The van der Waals surface area contributed by atoms with Gasteiger partial charge in [0, 0.05) is 11.8 Å². The van der Waals surface area contributed by atoms with Crippen LogP contribution in [-0.4, -0.2) is 12.1 Å². The summed E-state index contributed by atoms with van der Waals surface area (Å²) in [6.07, 6.45) is 1.83. The van der Waals surface area contributed by atoms with E-state index in [0.717, 1.165) is 35.8 Å². The van der Waals surface area contributed by atoms with Gasteiger partial charge in [-0.05, 0) is 42.8 Å². The first kappa shape index (κ1) is 18.0. The molecule has 0 amide bonds. The highest BCUT2D eigenvalue weighted by atomic mass is 16.5. The van der Waals surface area contributed by atoms with Gasteiger partial charge in [-0.25, -0.2) is 0 Å². The fourth-order valence-corrected chi connectivity index (χ4v) is 2.83. The van der Waals surface area contributed by atoms with Crippen molar-refractivity contribution in [3.05, 3.63) is 89.2 Å². The van der Waals surface area contributed by atoms with E-state index in [1.54, 1.807) is 7.11 Å². The van der Waals surface area contributed by atoms with Crippen LogP contribution in [-0.2, 0) is 19.7 Å². The molecule has 26 heavy (non-hydrogen) atoms. The highest BCUT2D eigenvalue weighted by molar-refractivity contribution is 5.43. The zero-order valence-corrected chi connectivity index (χ0v) is 15.3. The number of ether oxygens (including phenoxy) is 2. The highest BCUT2D eigenvalue weighted by Gasteiger charge is 2.08. The van der Waals surface area contributed by atoms with E-state index in [-0.39, 0.29) is 0 Å². The normalized spacial score (nSPS) is 10.5. The molecule has 0 atom stereocenters. The third-order valence-electron chi connectivity index (χ3n) is 4.16. The number of hydrogen-bond donors (Lipinski definition) is 1. The second-order valence-electron chi connectivity index (χ2n) is 6.28. The maximum atomic E-state index is 5.95. The summed E-state index contributed by atoms with van der Waals surface area (Å²) >= 11 is 0. The molecule has 2 N–H and O–H groups in total. The number of benzene rings is 2. The molecular formula is C22H25N2O2+. The lowest BCUT2D eigenvalue weighted by Crippen LogP contribution is -2.80. The largest absolute Gasteiger partial charge is 0.493 e. The van der Waals surface area contributed by atoms with Gasteiger partial charge in [0.1, 0.15) is 19.7 Å². The number of nitrogens with zero attached hydrogens (tertiary/aromatic N) is 1. The summed E-state index contributed by atoms with van der Waals surface area (Å²) < 4.78 is 11.5. The van der Waals surface area contributed by atoms with E-state index in [1.807, 2.05) is 42.6 Å². The molecule has 0 saturated carbocycles. The molecule has 4 heteroatoms. The van der Waals surface area contributed by atoms with Gasteiger partial charge >= 0.3 is 0 Å². The molecule has 0 spiro atoms. The molecule has 3 aromatic rings. The summed E-state index contributed by atoms with van der Waals surface area (Å²) in [6.45, 7) is 4.34. The van der Waals surface area contributed by atoms with E-state index in [2.05, 4.69) is 41.5 Å². The Hall–Kier alpha value is -2.85. The average molecular weight is 349 g/mol. The molecule has 1 heterocycles. The lowest BCUT2D eigenvalue weighted by molar-refractivity contribution is -0.686. The van der Waals surface area contributed by atoms with Gasteiger partial charge in [0.25, 0.3) is 0 Å². The Bertz CT molecular complexity index is 835. The van der Waals surface area contributed by atoms with E-state index in [1.165, 1.54) is 11.1 Å². The van der Waals surface area contributed by atoms with Gasteiger partial charge < -0.3 is 14.8 Å². The fraction of sp³-hybridized carbons (Fsp3) is 0.227. The predicted octanol–water partition coefficient (Wildman–Crippen LogP) is 3.24. The van der Waals surface area contributed by atoms with Crippen LogP contribution < -0.4 is 14.8 Å². The molecular weight excluding hydrogens is 324 g/mol. The third kappa shape index (κ3) is 5.07. The smallest absolute Gasteiger partial charge is 0.161 e. The van der Waals surface area contributed by atoms with E-state index in [4.69, 9.17) is 9.47 Å². The number of methoxy groups -OCH3 is 1. The topological polar surface area (TPSA) is 48.0 Å². The number of quaternary nitrogens is 1. The molecule has 134 valence electrons. The van der Waals surface area contributed by atoms with Crippen molar-refractivity contribution in [2.75, 3.05) is 7.11 Å². The van der Waals surface area contributed by atoms with Gasteiger partial charge in [0.15, 0.2) is 11.5 Å². The minimum absolute atomic E-state index is 0.531. The van der Waals surface area contributed by atoms with Crippen molar-refractivity contribution in [3.8, 4) is 11.5 Å². The first-order chi connectivity index (χ1) is 12.7. The third-order valence-corrected chi connectivity index (χ3v) is 4.16. The van der Waals surface area contributed by atoms with Crippen molar-refractivity contribution in [2.45, 2.75) is 26.6 Å². The van der Waals surface area contributed by atoms with Crippen LogP contribution in [0.5, 0.6) is 11.5 Å². The Morgan fingerprint density at radius 1 is 0.885 bits per heavy atom. The van der Waals surface area contributed by atoms with Crippen LogP contribution in [0.4, 0.5) is 0 Å². The summed E-state index contributed by atoms with van der Waals surface area (Å²) in [7, 11) is 1.68. The molecule has 0 aliphatic carbocycles. The molecule has 2 aromatic carbocycles. The van der Waals surface area contributed by atoms with E-state index in [9.17, 15) is 0 Å². The van der Waals surface area contributed by atoms with Crippen LogP contribution in [0, 0.1) is 6.92 Å². The number of rotatable bonds is 8. The molecule has 0 aliphatic heterocycles. The first-order valence-electron chi connectivity index (χ1n) is 8.81. The number of aromatic nitrogens is 1. The molecule has 0 radical (unpaired) electrons. The molecule has 0 fully saturated rings. The van der Waals surface area contributed by atoms with Crippen molar-refractivity contribution >= 4 is 0 Å². The number of nitrogens with two attached hydrogens (primary N) is 1. The molecule has 4 nitrogen and oxygen atoms in total. The van der Waals surface area contributed by atoms with Crippen LogP contribution in [0.15, 0.2) is 66.9 Å². The fourth-order valence-electron chi connectivity index (χ4n) is 2.83. The monoisotopic (exact) mass is 349 g/mol. The molecule has 0 unspecified atom stereocenters. The van der Waals surface area contributed by atoms with Crippen LogP contribution in [0.3, 0.4) is 0 Å². The molecule has 1 aromatic heterocycles. The Morgan fingerprint density at radius 3 is 2.58 bits per heavy atom. The van der Waals surface area contributed by atoms with Crippen molar-refractivity contribution in [2.24, 2.45) is 0 Å². The second-order valence-corrected chi connectivity index (χ2v) is 6.28.